The Kier molecular flexibility index (Phi) is 6.89. The van der Waals surface area contributed by atoms with Crippen molar-refractivity contribution in [1.82, 2.24) is 10.2 Å². The van der Waals surface area contributed by atoms with Gasteiger partial charge in [-0.25, -0.2) is 0 Å². The molecule has 19 heavy (non-hydrogen) atoms. The molecule has 1 rings (SSSR count). The van der Waals surface area contributed by atoms with E-state index in [0.29, 0.717) is 6.04 Å². The normalized spacial score (nSPS) is 12.7. The van der Waals surface area contributed by atoms with Gasteiger partial charge >= 0.3 is 0 Å². The van der Waals surface area contributed by atoms with Gasteiger partial charge in [0.1, 0.15) is 5.75 Å². The topological polar surface area (TPSA) is 24.5 Å². The van der Waals surface area contributed by atoms with E-state index in [1.54, 1.807) is 7.11 Å². The van der Waals surface area contributed by atoms with Crippen LogP contribution < -0.4 is 10.1 Å². The van der Waals surface area contributed by atoms with Gasteiger partial charge in [-0.3, -0.25) is 0 Å². The highest BCUT2D eigenvalue weighted by Gasteiger charge is 2.12. The lowest BCUT2D eigenvalue weighted by molar-refractivity contribution is 0.355. The van der Waals surface area contributed by atoms with Crippen LogP contribution in [-0.4, -0.2) is 45.2 Å². The van der Waals surface area contributed by atoms with Crippen LogP contribution in [0.4, 0.5) is 0 Å². The maximum atomic E-state index is 5.47. The summed E-state index contributed by atoms with van der Waals surface area (Å²) in [6.07, 6.45) is 2.17. The van der Waals surface area contributed by atoms with Crippen molar-refractivity contribution in [1.29, 1.82) is 0 Å². The minimum Gasteiger partial charge on any atom is -0.496 e. The smallest absolute Gasteiger partial charge is 0.122 e. The fraction of sp³-hybridized carbons (Fsp3) is 0.625. The largest absolute Gasteiger partial charge is 0.496 e. The molecule has 1 atom stereocenters. The fourth-order valence-electron chi connectivity index (χ4n) is 2.31. The number of ether oxygens (including phenoxy) is 1. The molecular weight excluding hydrogens is 236 g/mol. The molecule has 108 valence electrons. The molecule has 0 aliphatic rings. The quantitative estimate of drug-likeness (QED) is 0.780. The number of methoxy groups -OCH3 is 1. The Morgan fingerprint density at radius 1 is 1.32 bits per heavy atom. The second-order valence-electron chi connectivity index (χ2n) is 5.37. The predicted octanol–water partition coefficient (Wildman–Crippen LogP) is 2.48. The number of likely N-dealkylation sites (N-methyl/N-ethyl adjacent to an activating group) is 1. The zero-order valence-electron chi connectivity index (χ0n) is 13.0. The standard InChI is InChI=1S/C16H28N2O/c1-6-17-15(9-10-18(3)4)12-14-11-13(2)7-8-16(14)19-5/h7-8,11,15,17H,6,9-10,12H2,1-5H3. The lowest BCUT2D eigenvalue weighted by Crippen LogP contribution is -2.34. The van der Waals surface area contributed by atoms with E-state index < -0.39 is 0 Å². The molecule has 0 fully saturated rings. The molecule has 0 radical (unpaired) electrons. The van der Waals surface area contributed by atoms with Crippen LogP contribution in [0.5, 0.6) is 5.75 Å². The Morgan fingerprint density at radius 3 is 2.63 bits per heavy atom. The first-order valence-corrected chi connectivity index (χ1v) is 7.08. The summed E-state index contributed by atoms with van der Waals surface area (Å²) in [7, 11) is 5.99. The molecule has 1 aromatic carbocycles. The van der Waals surface area contributed by atoms with E-state index in [4.69, 9.17) is 4.74 Å². The van der Waals surface area contributed by atoms with Crippen LogP contribution in [0.25, 0.3) is 0 Å². The van der Waals surface area contributed by atoms with Gasteiger partial charge in [-0.1, -0.05) is 24.6 Å². The first-order valence-electron chi connectivity index (χ1n) is 7.08. The third-order valence-electron chi connectivity index (χ3n) is 3.32. The number of aryl methyl sites for hydroxylation is 1. The highest BCUT2D eigenvalue weighted by atomic mass is 16.5. The number of nitrogens with one attached hydrogen (secondary N) is 1. The lowest BCUT2D eigenvalue weighted by Gasteiger charge is -2.21. The van der Waals surface area contributed by atoms with Gasteiger partial charge in [0.15, 0.2) is 0 Å². The van der Waals surface area contributed by atoms with Gasteiger partial charge < -0.3 is 15.0 Å². The first-order chi connectivity index (χ1) is 9.06. The molecule has 1 aromatic rings. The number of nitrogens with zero attached hydrogens (tertiary/aromatic N) is 1. The summed E-state index contributed by atoms with van der Waals surface area (Å²) in [4.78, 5) is 2.23. The van der Waals surface area contributed by atoms with Crippen molar-refractivity contribution in [2.45, 2.75) is 32.7 Å². The maximum absolute atomic E-state index is 5.47. The predicted molar refractivity (Wildman–Crippen MR) is 82.1 cm³/mol. The van der Waals surface area contributed by atoms with Gasteiger partial charge in [-0.15, -0.1) is 0 Å². The summed E-state index contributed by atoms with van der Waals surface area (Å²) in [5.74, 6) is 0.998. The van der Waals surface area contributed by atoms with Gasteiger partial charge in [-0.05, 0) is 58.6 Å². The molecular formula is C16H28N2O. The van der Waals surface area contributed by atoms with Crippen LogP contribution in [0.2, 0.25) is 0 Å². The zero-order chi connectivity index (χ0) is 14.3. The molecule has 1 N–H and O–H groups in total. The van der Waals surface area contributed by atoms with Crippen LogP contribution in [0, 0.1) is 6.92 Å². The van der Waals surface area contributed by atoms with Crippen LogP contribution in [0.3, 0.4) is 0 Å². The van der Waals surface area contributed by atoms with Crippen molar-refractivity contribution in [2.75, 3.05) is 34.3 Å². The Bertz CT molecular complexity index is 377. The number of rotatable bonds is 8. The van der Waals surface area contributed by atoms with E-state index in [1.807, 2.05) is 0 Å². The van der Waals surface area contributed by atoms with Gasteiger partial charge in [0, 0.05) is 6.04 Å². The zero-order valence-corrected chi connectivity index (χ0v) is 13.0. The summed E-state index contributed by atoms with van der Waals surface area (Å²) in [5, 5.41) is 3.58. The van der Waals surface area contributed by atoms with E-state index >= 15 is 0 Å². The third-order valence-corrected chi connectivity index (χ3v) is 3.32. The van der Waals surface area contributed by atoms with Crippen LogP contribution >= 0.6 is 0 Å². The molecule has 3 heteroatoms. The molecule has 0 amide bonds. The summed E-state index contributed by atoms with van der Waals surface area (Å²) in [6, 6.07) is 6.91. The molecule has 0 saturated heterocycles. The summed E-state index contributed by atoms with van der Waals surface area (Å²) < 4.78 is 5.47. The average molecular weight is 264 g/mol. The molecule has 0 spiro atoms. The molecule has 0 saturated carbocycles. The summed E-state index contributed by atoms with van der Waals surface area (Å²) >= 11 is 0. The number of hydrogen-bond acceptors (Lipinski definition) is 3. The van der Waals surface area contributed by atoms with E-state index in [0.717, 1.165) is 31.7 Å². The second kappa shape index (κ2) is 8.18. The molecule has 0 bridgehead atoms. The minimum absolute atomic E-state index is 0.503. The molecule has 0 aromatic heterocycles. The van der Waals surface area contributed by atoms with E-state index in [-0.39, 0.29) is 0 Å². The number of benzene rings is 1. The third kappa shape index (κ3) is 5.62. The highest BCUT2D eigenvalue weighted by Crippen LogP contribution is 2.21. The minimum atomic E-state index is 0.503. The van der Waals surface area contributed by atoms with E-state index in [2.05, 4.69) is 56.4 Å². The van der Waals surface area contributed by atoms with Crippen LogP contribution in [-0.2, 0) is 6.42 Å². The van der Waals surface area contributed by atoms with Crippen molar-refractivity contribution >= 4 is 0 Å². The second-order valence-corrected chi connectivity index (χ2v) is 5.37. The highest BCUT2D eigenvalue weighted by molar-refractivity contribution is 5.37. The van der Waals surface area contributed by atoms with Crippen molar-refractivity contribution in [3.05, 3.63) is 29.3 Å². The van der Waals surface area contributed by atoms with E-state index in [1.165, 1.54) is 11.1 Å². The van der Waals surface area contributed by atoms with Crippen LogP contribution in [0.1, 0.15) is 24.5 Å². The first kappa shape index (κ1) is 16.0. The van der Waals surface area contributed by atoms with Crippen molar-refractivity contribution in [3.8, 4) is 5.75 Å². The Morgan fingerprint density at radius 2 is 2.05 bits per heavy atom. The lowest BCUT2D eigenvalue weighted by atomic mass is 10.0. The van der Waals surface area contributed by atoms with E-state index in [9.17, 15) is 0 Å². The molecule has 0 heterocycles. The Hall–Kier alpha value is -1.06. The summed E-state index contributed by atoms with van der Waals surface area (Å²) in [6.45, 7) is 6.40. The van der Waals surface area contributed by atoms with Gasteiger partial charge in [0.25, 0.3) is 0 Å². The van der Waals surface area contributed by atoms with Gasteiger partial charge in [0.05, 0.1) is 7.11 Å². The molecule has 0 aliphatic carbocycles. The molecule has 3 nitrogen and oxygen atoms in total. The van der Waals surface area contributed by atoms with Gasteiger partial charge in [0.2, 0.25) is 0 Å². The van der Waals surface area contributed by atoms with Crippen molar-refractivity contribution in [3.63, 3.8) is 0 Å². The average Bonchev–Trinajstić information content (AvgIpc) is 2.36. The van der Waals surface area contributed by atoms with Crippen LogP contribution in [0.15, 0.2) is 18.2 Å². The maximum Gasteiger partial charge on any atom is 0.122 e. The van der Waals surface area contributed by atoms with Gasteiger partial charge in [-0.2, -0.15) is 0 Å². The molecule has 1 unspecified atom stereocenters. The Labute approximate surface area is 118 Å². The SMILES string of the molecule is CCNC(CCN(C)C)Cc1cc(C)ccc1OC. The molecule has 0 aliphatic heterocycles. The fourth-order valence-corrected chi connectivity index (χ4v) is 2.31. The summed E-state index contributed by atoms with van der Waals surface area (Å²) in [5.41, 5.74) is 2.59. The van der Waals surface area contributed by atoms with Crippen molar-refractivity contribution in [2.24, 2.45) is 0 Å². The monoisotopic (exact) mass is 264 g/mol. The number of hydrogen-bond donors (Lipinski definition) is 1. The Balaban J connectivity index is 2.74. The van der Waals surface area contributed by atoms with Crippen molar-refractivity contribution < 1.29 is 4.74 Å².